The van der Waals surface area contributed by atoms with Crippen LogP contribution in [-0.4, -0.2) is 32.5 Å². The van der Waals surface area contributed by atoms with Crippen LogP contribution in [0.15, 0.2) is 30.3 Å². The Hall–Kier alpha value is -0.900. The van der Waals surface area contributed by atoms with Gasteiger partial charge in [-0.05, 0) is 12.5 Å². The van der Waals surface area contributed by atoms with Gasteiger partial charge in [0.15, 0.2) is 0 Å². The number of morpholine rings is 1. The minimum atomic E-state index is 0.194. The van der Waals surface area contributed by atoms with Crippen molar-refractivity contribution >= 4 is 0 Å². The summed E-state index contributed by atoms with van der Waals surface area (Å²) in [6.45, 7) is 5.03. The van der Waals surface area contributed by atoms with E-state index in [4.69, 9.17) is 9.47 Å². The molecule has 1 fully saturated rings. The van der Waals surface area contributed by atoms with Crippen molar-refractivity contribution in [3.05, 3.63) is 35.9 Å². The van der Waals surface area contributed by atoms with Crippen LogP contribution in [0.3, 0.4) is 0 Å². The van der Waals surface area contributed by atoms with Crippen molar-refractivity contribution in [1.29, 1.82) is 0 Å². The van der Waals surface area contributed by atoms with E-state index >= 15 is 0 Å². The van der Waals surface area contributed by atoms with Crippen molar-refractivity contribution in [1.82, 2.24) is 5.32 Å². The molecule has 1 aliphatic rings. The molecule has 3 heteroatoms. The summed E-state index contributed by atoms with van der Waals surface area (Å²) in [6.07, 6.45) is 0.194. The monoisotopic (exact) mass is 221 g/mol. The van der Waals surface area contributed by atoms with Crippen molar-refractivity contribution in [2.24, 2.45) is 0 Å². The Balaban J connectivity index is 1.81. The fourth-order valence-electron chi connectivity index (χ4n) is 1.88. The molecular formula is C13H19NO2. The van der Waals surface area contributed by atoms with E-state index in [1.807, 2.05) is 13.0 Å². The van der Waals surface area contributed by atoms with Crippen molar-refractivity contribution in [3.63, 3.8) is 0 Å². The summed E-state index contributed by atoms with van der Waals surface area (Å²) in [4.78, 5) is 0. The van der Waals surface area contributed by atoms with Gasteiger partial charge in [0.2, 0.25) is 0 Å². The van der Waals surface area contributed by atoms with Crippen LogP contribution < -0.4 is 5.32 Å². The van der Waals surface area contributed by atoms with Gasteiger partial charge in [0.05, 0.1) is 25.4 Å². The van der Waals surface area contributed by atoms with E-state index in [-0.39, 0.29) is 6.10 Å². The Morgan fingerprint density at radius 3 is 2.81 bits per heavy atom. The standard InChI is InChI=1S/C13H19NO2/c1-2-15-9-12-8-14-13(10-16-12)11-6-4-3-5-7-11/h3-7,12-14H,2,8-10H2,1H3. The molecule has 0 aromatic heterocycles. The molecule has 0 radical (unpaired) electrons. The number of benzene rings is 1. The number of hydrogen-bond acceptors (Lipinski definition) is 3. The van der Waals surface area contributed by atoms with E-state index in [1.54, 1.807) is 0 Å². The van der Waals surface area contributed by atoms with E-state index in [1.165, 1.54) is 5.56 Å². The third-order valence-electron chi connectivity index (χ3n) is 2.80. The number of hydrogen-bond donors (Lipinski definition) is 1. The average Bonchev–Trinajstić information content (AvgIpc) is 2.38. The predicted molar refractivity (Wildman–Crippen MR) is 63.4 cm³/mol. The molecule has 0 aliphatic carbocycles. The zero-order valence-electron chi connectivity index (χ0n) is 9.69. The van der Waals surface area contributed by atoms with Crippen molar-refractivity contribution in [2.45, 2.75) is 19.1 Å². The third kappa shape index (κ3) is 3.04. The lowest BCUT2D eigenvalue weighted by Gasteiger charge is -2.30. The van der Waals surface area contributed by atoms with E-state index in [9.17, 15) is 0 Å². The summed E-state index contributed by atoms with van der Waals surface area (Å²) in [6, 6.07) is 10.7. The molecule has 0 saturated carbocycles. The van der Waals surface area contributed by atoms with Gasteiger partial charge in [0.1, 0.15) is 0 Å². The highest BCUT2D eigenvalue weighted by Crippen LogP contribution is 2.17. The van der Waals surface area contributed by atoms with Crippen LogP contribution in [0.2, 0.25) is 0 Å². The summed E-state index contributed by atoms with van der Waals surface area (Å²) < 4.78 is 11.1. The zero-order chi connectivity index (χ0) is 11.2. The molecule has 1 aliphatic heterocycles. The Morgan fingerprint density at radius 2 is 2.19 bits per heavy atom. The number of rotatable bonds is 4. The summed E-state index contributed by atoms with van der Waals surface area (Å²) in [7, 11) is 0. The highest BCUT2D eigenvalue weighted by molar-refractivity contribution is 5.19. The number of ether oxygens (including phenoxy) is 2. The highest BCUT2D eigenvalue weighted by atomic mass is 16.5. The van der Waals surface area contributed by atoms with E-state index < -0.39 is 0 Å². The van der Waals surface area contributed by atoms with Crippen LogP contribution in [0.4, 0.5) is 0 Å². The zero-order valence-corrected chi connectivity index (χ0v) is 9.69. The van der Waals surface area contributed by atoms with Gasteiger partial charge in [0, 0.05) is 13.2 Å². The Bertz CT molecular complexity index is 294. The second-order valence-corrected chi connectivity index (χ2v) is 3.99. The molecule has 3 nitrogen and oxygen atoms in total. The molecule has 1 heterocycles. The first kappa shape index (κ1) is 11.6. The quantitative estimate of drug-likeness (QED) is 0.840. The van der Waals surface area contributed by atoms with Gasteiger partial charge in [-0.1, -0.05) is 30.3 Å². The lowest BCUT2D eigenvalue weighted by atomic mass is 10.1. The van der Waals surface area contributed by atoms with Gasteiger partial charge in [-0.2, -0.15) is 0 Å². The lowest BCUT2D eigenvalue weighted by molar-refractivity contribution is -0.0446. The average molecular weight is 221 g/mol. The van der Waals surface area contributed by atoms with Gasteiger partial charge in [0.25, 0.3) is 0 Å². The predicted octanol–water partition coefficient (Wildman–Crippen LogP) is 1.75. The van der Waals surface area contributed by atoms with Crippen LogP contribution >= 0.6 is 0 Å². The van der Waals surface area contributed by atoms with Gasteiger partial charge in [-0.15, -0.1) is 0 Å². The molecular weight excluding hydrogens is 202 g/mol. The lowest BCUT2D eigenvalue weighted by Crippen LogP contribution is -2.43. The first-order valence-corrected chi connectivity index (χ1v) is 5.88. The second kappa shape index (κ2) is 5.99. The number of nitrogens with one attached hydrogen (secondary N) is 1. The Labute approximate surface area is 96.8 Å². The molecule has 0 amide bonds. The van der Waals surface area contributed by atoms with Crippen molar-refractivity contribution in [2.75, 3.05) is 26.4 Å². The smallest absolute Gasteiger partial charge is 0.0933 e. The molecule has 1 N–H and O–H groups in total. The van der Waals surface area contributed by atoms with Crippen LogP contribution in [0.1, 0.15) is 18.5 Å². The summed E-state index contributed by atoms with van der Waals surface area (Å²) in [5.41, 5.74) is 1.29. The van der Waals surface area contributed by atoms with Gasteiger partial charge in [-0.25, -0.2) is 0 Å². The summed E-state index contributed by atoms with van der Waals surface area (Å²) >= 11 is 0. The van der Waals surface area contributed by atoms with Crippen LogP contribution in [0.25, 0.3) is 0 Å². The maximum Gasteiger partial charge on any atom is 0.0933 e. The maximum atomic E-state index is 5.76. The topological polar surface area (TPSA) is 30.5 Å². The molecule has 1 aromatic rings. The normalized spacial score (nSPS) is 25.6. The Kier molecular flexibility index (Phi) is 4.34. The van der Waals surface area contributed by atoms with Gasteiger partial charge >= 0.3 is 0 Å². The first-order valence-electron chi connectivity index (χ1n) is 5.88. The van der Waals surface area contributed by atoms with Crippen molar-refractivity contribution in [3.8, 4) is 0 Å². The molecule has 1 aromatic carbocycles. The minimum Gasteiger partial charge on any atom is -0.379 e. The molecule has 2 unspecified atom stereocenters. The summed E-state index contributed by atoms with van der Waals surface area (Å²) in [5.74, 6) is 0. The molecule has 2 rings (SSSR count). The Morgan fingerprint density at radius 1 is 1.38 bits per heavy atom. The largest absolute Gasteiger partial charge is 0.379 e. The van der Waals surface area contributed by atoms with E-state index in [0.29, 0.717) is 12.6 Å². The van der Waals surface area contributed by atoms with Gasteiger partial charge in [-0.3, -0.25) is 0 Å². The highest BCUT2D eigenvalue weighted by Gasteiger charge is 2.21. The molecule has 16 heavy (non-hydrogen) atoms. The van der Waals surface area contributed by atoms with Crippen LogP contribution in [-0.2, 0) is 9.47 Å². The molecule has 1 saturated heterocycles. The second-order valence-electron chi connectivity index (χ2n) is 3.99. The maximum absolute atomic E-state index is 5.76. The SMILES string of the molecule is CCOCC1CNC(c2ccccc2)CO1. The molecule has 2 atom stereocenters. The van der Waals surface area contributed by atoms with Crippen molar-refractivity contribution < 1.29 is 9.47 Å². The fraction of sp³-hybridized carbons (Fsp3) is 0.538. The van der Waals surface area contributed by atoms with Crippen LogP contribution in [0, 0.1) is 0 Å². The van der Waals surface area contributed by atoms with E-state index in [2.05, 4.69) is 29.6 Å². The van der Waals surface area contributed by atoms with Gasteiger partial charge < -0.3 is 14.8 Å². The molecule has 88 valence electrons. The fourth-order valence-corrected chi connectivity index (χ4v) is 1.88. The third-order valence-corrected chi connectivity index (χ3v) is 2.80. The van der Waals surface area contributed by atoms with Crippen LogP contribution in [0.5, 0.6) is 0 Å². The first-order chi connectivity index (χ1) is 7.90. The van der Waals surface area contributed by atoms with E-state index in [0.717, 1.165) is 19.8 Å². The molecule has 0 spiro atoms. The molecule has 0 bridgehead atoms. The minimum absolute atomic E-state index is 0.194. The summed E-state index contributed by atoms with van der Waals surface area (Å²) in [5, 5.41) is 3.49.